The number of ether oxygens (including phenoxy) is 1. The Morgan fingerprint density at radius 1 is 1.37 bits per heavy atom. The number of hydrogen-bond donors (Lipinski definition) is 1. The van der Waals surface area contributed by atoms with Crippen molar-refractivity contribution in [2.24, 2.45) is 5.92 Å². The van der Waals surface area contributed by atoms with E-state index in [1.54, 1.807) is 12.1 Å². The first kappa shape index (κ1) is 14.3. The van der Waals surface area contributed by atoms with Gasteiger partial charge >= 0.3 is 0 Å². The number of halogens is 1. The Balaban J connectivity index is 1.91. The van der Waals surface area contributed by atoms with Crippen molar-refractivity contribution in [1.29, 1.82) is 0 Å². The maximum Gasteiger partial charge on any atom is 0.165 e. The molecule has 2 rings (SSSR count). The zero-order valence-electron chi connectivity index (χ0n) is 11.9. The summed E-state index contributed by atoms with van der Waals surface area (Å²) in [7, 11) is 3.53. The van der Waals surface area contributed by atoms with Crippen LogP contribution in [0.2, 0.25) is 0 Å². The van der Waals surface area contributed by atoms with E-state index in [0.29, 0.717) is 11.8 Å². The van der Waals surface area contributed by atoms with Gasteiger partial charge in [-0.25, -0.2) is 4.39 Å². The second kappa shape index (κ2) is 6.90. The van der Waals surface area contributed by atoms with Gasteiger partial charge in [0.15, 0.2) is 11.6 Å². The molecule has 2 nitrogen and oxygen atoms in total. The number of nitrogens with one attached hydrogen (secondary N) is 1. The predicted octanol–water partition coefficient (Wildman–Crippen LogP) is 3.55. The van der Waals surface area contributed by atoms with Crippen molar-refractivity contribution in [2.75, 3.05) is 14.2 Å². The molecule has 1 aromatic rings. The highest BCUT2D eigenvalue weighted by Gasteiger charge is 2.23. The molecule has 0 amide bonds. The van der Waals surface area contributed by atoms with Crippen LogP contribution >= 0.6 is 0 Å². The lowest BCUT2D eigenvalue weighted by Crippen LogP contribution is -2.32. The van der Waals surface area contributed by atoms with E-state index in [1.165, 1.54) is 32.8 Å². The summed E-state index contributed by atoms with van der Waals surface area (Å²) in [4.78, 5) is 0. The highest BCUT2D eigenvalue weighted by Crippen LogP contribution is 2.29. The molecule has 1 aromatic carbocycles. The third-order valence-electron chi connectivity index (χ3n) is 4.30. The molecule has 0 saturated heterocycles. The first-order valence-corrected chi connectivity index (χ1v) is 7.24. The van der Waals surface area contributed by atoms with E-state index in [4.69, 9.17) is 4.74 Å². The van der Waals surface area contributed by atoms with Crippen LogP contribution in [0.5, 0.6) is 5.75 Å². The maximum atomic E-state index is 13.6. The van der Waals surface area contributed by atoms with Gasteiger partial charge in [-0.3, -0.25) is 0 Å². The number of benzene rings is 1. The minimum atomic E-state index is -0.262. The van der Waals surface area contributed by atoms with Gasteiger partial charge in [-0.15, -0.1) is 0 Å². The zero-order chi connectivity index (χ0) is 13.7. The number of methoxy groups -OCH3 is 1. The van der Waals surface area contributed by atoms with Crippen LogP contribution in [-0.4, -0.2) is 20.2 Å². The first-order chi connectivity index (χ1) is 9.24. The summed E-state index contributed by atoms with van der Waals surface area (Å²) in [5.74, 6) is 0.861. The van der Waals surface area contributed by atoms with E-state index in [1.807, 2.05) is 13.1 Å². The van der Waals surface area contributed by atoms with Crippen LogP contribution in [0.3, 0.4) is 0 Å². The molecule has 0 heterocycles. The van der Waals surface area contributed by atoms with Gasteiger partial charge in [-0.2, -0.15) is 0 Å². The topological polar surface area (TPSA) is 21.3 Å². The average Bonchev–Trinajstić information content (AvgIpc) is 2.94. The lowest BCUT2D eigenvalue weighted by Gasteiger charge is -2.22. The van der Waals surface area contributed by atoms with Gasteiger partial charge in [0.25, 0.3) is 0 Å². The fourth-order valence-corrected chi connectivity index (χ4v) is 3.16. The Bertz CT molecular complexity index is 402. The fraction of sp³-hybridized carbons (Fsp3) is 0.625. The van der Waals surface area contributed by atoms with Crippen molar-refractivity contribution in [3.05, 3.63) is 29.6 Å². The highest BCUT2D eigenvalue weighted by atomic mass is 19.1. The average molecular weight is 265 g/mol. The number of aryl methyl sites for hydroxylation is 1. The molecule has 0 aliphatic heterocycles. The van der Waals surface area contributed by atoms with Crippen molar-refractivity contribution in [2.45, 2.75) is 44.6 Å². The molecule has 0 aromatic heterocycles. The molecule has 1 aliphatic carbocycles. The minimum Gasteiger partial charge on any atom is -0.494 e. The number of rotatable bonds is 6. The molecule has 106 valence electrons. The van der Waals surface area contributed by atoms with E-state index in [-0.39, 0.29) is 5.82 Å². The Morgan fingerprint density at radius 2 is 2.11 bits per heavy atom. The van der Waals surface area contributed by atoms with Crippen molar-refractivity contribution >= 4 is 0 Å². The number of hydrogen-bond acceptors (Lipinski definition) is 2. The highest BCUT2D eigenvalue weighted by molar-refractivity contribution is 5.29. The maximum absolute atomic E-state index is 13.6. The molecule has 0 spiro atoms. The molecule has 1 unspecified atom stereocenters. The molecule has 0 bridgehead atoms. The van der Waals surface area contributed by atoms with E-state index in [9.17, 15) is 4.39 Å². The Kier molecular flexibility index (Phi) is 5.20. The smallest absolute Gasteiger partial charge is 0.165 e. The van der Waals surface area contributed by atoms with Crippen molar-refractivity contribution in [3.63, 3.8) is 0 Å². The van der Waals surface area contributed by atoms with Crippen LogP contribution in [0, 0.1) is 11.7 Å². The van der Waals surface area contributed by atoms with Gasteiger partial charge in [0.2, 0.25) is 0 Å². The minimum absolute atomic E-state index is 0.262. The Labute approximate surface area is 115 Å². The zero-order valence-corrected chi connectivity index (χ0v) is 11.9. The predicted molar refractivity (Wildman–Crippen MR) is 76.1 cm³/mol. The van der Waals surface area contributed by atoms with Crippen LogP contribution in [0.15, 0.2) is 18.2 Å². The van der Waals surface area contributed by atoms with Gasteiger partial charge in [0, 0.05) is 6.04 Å². The van der Waals surface area contributed by atoms with Crippen LogP contribution < -0.4 is 10.1 Å². The summed E-state index contributed by atoms with van der Waals surface area (Å²) in [6, 6.07) is 5.84. The molecule has 1 saturated carbocycles. The van der Waals surface area contributed by atoms with E-state index in [0.717, 1.165) is 24.3 Å². The Hall–Kier alpha value is -1.09. The van der Waals surface area contributed by atoms with Crippen molar-refractivity contribution in [1.82, 2.24) is 5.32 Å². The quantitative estimate of drug-likeness (QED) is 0.849. The third-order valence-corrected chi connectivity index (χ3v) is 4.30. The first-order valence-electron chi connectivity index (χ1n) is 7.24. The van der Waals surface area contributed by atoms with Crippen LogP contribution in [-0.2, 0) is 6.42 Å². The van der Waals surface area contributed by atoms with E-state index >= 15 is 0 Å². The molecule has 19 heavy (non-hydrogen) atoms. The van der Waals surface area contributed by atoms with Crippen LogP contribution in [0.4, 0.5) is 4.39 Å². The summed E-state index contributed by atoms with van der Waals surface area (Å²) >= 11 is 0. The fourth-order valence-electron chi connectivity index (χ4n) is 3.16. The monoisotopic (exact) mass is 265 g/mol. The SMILES string of the molecule is CNC(CCc1ccc(OC)c(F)c1)C1CCCC1. The Morgan fingerprint density at radius 3 is 2.68 bits per heavy atom. The molecule has 1 aliphatic rings. The van der Waals surface area contributed by atoms with Gasteiger partial charge in [-0.05, 0) is 56.3 Å². The largest absolute Gasteiger partial charge is 0.494 e. The summed E-state index contributed by atoms with van der Waals surface area (Å²) in [5.41, 5.74) is 1.05. The summed E-state index contributed by atoms with van der Waals surface area (Å²) in [5, 5.41) is 3.43. The molecule has 1 N–H and O–H groups in total. The summed E-state index contributed by atoms with van der Waals surface area (Å²) in [6.45, 7) is 0. The van der Waals surface area contributed by atoms with Gasteiger partial charge in [0.1, 0.15) is 0 Å². The van der Waals surface area contributed by atoms with E-state index in [2.05, 4.69) is 5.32 Å². The van der Waals surface area contributed by atoms with Crippen LogP contribution in [0.25, 0.3) is 0 Å². The molecule has 1 atom stereocenters. The summed E-state index contributed by atoms with van der Waals surface area (Å²) < 4.78 is 18.6. The molecular weight excluding hydrogens is 241 g/mol. The molecule has 0 radical (unpaired) electrons. The third kappa shape index (κ3) is 3.69. The van der Waals surface area contributed by atoms with Crippen molar-refractivity contribution in [3.8, 4) is 5.75 Å². The van der Waals surface area contributed by atoms with E-state index < -0.39 is 0 Å². The lowest BCUT2D eigenvalue weighted by atomic mass is 9.92. The van der Waals surface area contributed by atoms with Gasteiger partial charge in [0.05, 0.1) is 7.11 Å². The van der Waals surface area contributed by atoms with Crippen LogP contribution in [0.1, 0.15) is 37.7 Å². The van der Waals surface area contributed by atoms with Crippen molar-refractivity contribution < 1.29 is 9.13 Å². The normalized spacial score (nSPS) is 17.6. The second-order valence-electron chi connectivity index (χ2n) is 5.45. The van der Waals surface area contributed by atoms with Gasteiger partial charge < -0.3 is 10.1 Å². The summed E-state index contributed by atoms with van der Waals surface area (Å²) in [6.07, 6.45) is 7.39. The molecule has 1 fully saturated rings. The molecule has 3 heteroatoms. The molecular formula is C16H24FNO. The lowest BCUT2D eigenvalue weighted by molar-refractivity contribution is 0.359. The second-order valence-corrected chi connectivity index (χ2v) is 5.45. The van der Waals surface area contributed by atoms with Gasteiger partial charge in [-0.1, -0.05) is 18.9 Å². The standard InChI is InChI=1S/C16H24FNO/c1-18-15(13-5-3-4-6-13)9-7-12-8-10-16(19-2)14(17)11-12/h8,10-11,13,15,18H,3-7,9H2,1-2H3.